The van der Waals surface area contributed by atoms with Crippen LogP contribution in [0.3, 0.4) is 0 Å². The first-order valence-corrected chi connectivity index (χ1v) is 3.47. The molecule has 0 amide bonds. The van der Waals surface area contributed by atoms with Crippen LogP contribution in [0.25, 0.3) is 0 Å². The van der Waals surface area contributed by atoms with Crippen LogP contribution in [0.1, 0.15) is 19.4 Å². The van der Waals surface area contributed by atoms with E-state index in [0.29, 0.717) is 6.42 Å². The smallest absolute Gasteiger partial charge is 0.328 e. The molecule has 4 heteroatoms. The fourth-order valence-electron chi connectivity index (χ4n) is 0.940. The van der Waals surface area contributed by atoms with Crippen molar-refractivity contribution in [1.82, 2.24) is 9.78 Å². The molecule has 0 fully saturated rings. The molecule has 0 aliphatic heterocycles. The second kappa shape index (κ2) is 3.18. The number of carboxylic acid groups (broad SMARTS) is 1. The van der Waals surface area contributed by atoms with E-state index in [2.05, 4.69) is 5.10 Å². The maximum absolute atomic E-state index is 10.6. The lowest BCUT2D eigenvalue weighted by molar-refractivity contribution is -0.141. The average Bonchev–Trinajstić information content (AvgIpc) is 2.40. The predicted molar refractivity (Wildman–Crippen MR) is 39.2 cm³/mol. The summed E-state index contributed by atoms with van der Waals surface area (Å²) in [5.74, 6) is -0.837. The minimum absolute atomic E-state index is 0.523. The van der Waals surface area contributed by atoms with Crippen molar-refractivity contribution in [1.29, 1.82) is 0 Å². The first kappa shape index (κ1) is 7.78. The van der Waals surface area contributed by atoms with Gasteiger partial charge in [-0.15, -0.1) is 0 Å². The van der Waals surface area contributed by atoms with E-state index >= 15 is 0 Å². The molecule has 60 valence electrons. The van der Waals surface area contributed by atoms with E-state index in [0.717, 1.165) is 0 Å². The van der Waals surface area contributed by atoms with Crippen LogP contribution < -0.4 is 0 Å². The summed E-state index contributed by atoms with van der Waals surface area (Å²) in [5.41, 5.74) is 0. The molecule has 0 bridgehead atoms. The van der Waals surface area contributed by atoms with Crippen molar-refractivity contribution in [2.24, 2.45) is 0 Å². The van der Waals surface area contributed by atoms with Crippen molar-refractivity contribution in [3.63, 3.8) is 0 Å². The fourth-order valence-corrected chi connectivity index (χ4v) is 0.940. The molecule has 0 saturated heterocycles. The molecule has 1 aromatic heterocycles. The Bertz CT molecular complexity index is 231. The number of aliphatic carboxylic acids is 1. The Labute approximate surface area is 64.5 Å². The Hall–Kier alpha value is -1.32. The van der Waals surface area contributed by atoms with Gasteiger partial charge in [0.25, 0.3) is 0 Å². The number of hydrogen-bond acceptors (Lipinski definition) is 2. The van der Waals surface area contributed by atoms with Crippen molar-refractivity contribution >= 4 is 5.97 Å². The van der Waals surface area contributed by atoms with Gasteiger partial charge in [-0.25, -0.2) is 4.79 Å². The zero-order valence-electron chi connectivity index (χ0n) is 6.27. The third-order valence-electron chi connectivity index (χ3n) is 1.52. The molecule has 11 heavy (non-hydrogen) atoms. The summed E-state index contributed by atoms with van der Waals surface area (Å²) in [4.78, 5) is 10.6. The topological polar surface area (TPSA) is 55.1 Å². The zero-order chi connectivity index (χ0) is 8.27. The number of aromatic nitrogens is 2. The van der Waals surface area contributed by atoms with Gasteiger partial charge in [-0.2, -0.15) is 5.10 Å². The summed E-state index contributed by atoms with van der Waals surface area (Å²) in [7, 11) is 0. The largest absolute Gasteiger partial charge is 0.480 e. The van der Waals surface area contributed by atoms with Gasteiger partial charge in [-0.3, -0.25) is 4.68 Å². The summed E-state index contributed by atoms with van der Waals surface area (Å²) in [6.07, 6.45) is 3.78. The van der Waals surface area contributed by atoms with Crippen LogP contribution in [0.15, 0.2) is 18.5 Å². The minimum atomic E-state index is -0.837. The number of carboxylic acids is 1. The molecular weight excluding hydrogens is 144 g/mol. The Morgan fingerprint density at radius 1 is 1.82 bits per heavy atom. The lowest BCUT2D eigenvalue weighted by atomic mass is 10.2. The molecule has 0 aliphatic rings. The Balaban J connectivity index is 2.79. The van der Waals surface area contributed by atoms with E-state index in [4.69, 9.17) is 5.11 Å². The highest BCUT2D eigenvalue weighted by molar-refractivity contribution is 5.71. The summed E-state index contributed by atoms with van der Waals surface area (Å²) in [6.45, 7) is 1.82. The van der Waals surface area contributed by atoms with Crippen LogP contribution >= 0.6 is 0 Å². The van der Waals surface area contributed by atoms with Gasteiger partial charge in [0.2, 0.25) is 0 Å². The molecule has 0 spiro atoms. The zero-order valence-corrected chi connectivity index (χ0v) is 6.27. The standard InChI is InChI=1S/C7H10N2O2/c1-2-6(7(10)11)9-5-3-4-8-9/h3-6H,2H2,1H3,(H,10,11)/t6-/m0/s1. The van der Waals surface area contributed by atoms with E-state index in [1.807, 2.05) is 6.92 Å². The number of hydrogen-bond donors (Lipinski definition) is 1. The normalized spacial score (nSPS) is 12.8. The molecule has 1 rings (SSSR count). The molecule has 0 saturated carbocycles. The molecule has 0 aliphatic carbocycles. The van der Waals surface area contributed by atoms with Crippen molar-refractivity contribution in [2.75, 3.05) is 0 Å². The SMILES string of the molecule is CC[C@@H](C(=O)O)n1cccn1. The van der Waals surface area contributed by atoms with Crippen molar-refractivity contribution in [3.05, 3.63) is 18.5 Å². The first-order valence-electron chi connectivity index (χ1n) is 3.47. The van der Waals surface area contributed by atoms with Crippen molar-refractivity contribution < 1.29 is 9.90 Å². The maximum Gasteiger partial charge on any atom is 0.328 e. The van der Waals surface area contributed by atoms with Crippen LogP contribution in [-0.2, 0) is 4.79 Å². The van der Waals surface area contributed by atoms with Gasteiger partial charge < -0.3 is 5.11 Å². The van der Waals surface area contributed by atoms with E-state index in [9.17, 15) is 4.79 Å². The summed E-state index contributed by atoms with van der Waals surface area (Å²) in [5, 5.41) is 12.5. The Morgan fingerprint density at radius 3 is 2.91 bits per heavy atom. The molecule has 0 unspecified atom stereocenters. The summed E-state index contributed by atoms with van der Waals surface area (Å²) < 4.78 is 1.45. The average molecular weight is 154 g/mol. The van der Waals surface area contributed by atoms with Gasteiger partial charge in [-0.1, -0.05) is 6.92 Å². The summed E-state index contributed by atoms with van der Waals surface area (Å²) >= 11 is 0. The molecular formula is C7H10N2O2. The summed E-state index contributed by atoms with van der Waals surface area (Å²) in [6, 6.07) is 1.19. The number of rotatable bonds is 3. The fraction of sp³-hybridized carbons (Fsp3) is 0.429. The quantitative estimate of drug-likeness (QED) is 0.704. The van der Waals surface area contributed by atoms with Gasteiger partial charge >= 0.3 is 5.97 Å². The highest BCUT2D eigenvalue weighted by Gasteiger charge is 2.16. The first-order chi connectivity index (χ1) is 5.25. The number of nitrogens with zero attached hydrogens (tertiary/aromatic N) is 2. The molecule has 4 nitrogen and oxygen atoms in total. The molecule has 1 heterocycles. The van der Waals surface area contributed by atoms with Gasteiger partial charge in [-0.05, 0) is 12.5 Å². The van der Waals surface area contributed by atoms with E-state index in [1.54, 1.807) is 18.5 Å². The third-order valence-corrected chi connectivity index (χ3v) is 1.52. The number of carbonyl (C=O) groups is 1. The van der Waals surface area contributed by atoms with E-state index in [-0.39, 0.29) is 0 Å². The van der Waals surface area contributed by atoms with E-state index < -0.39 is 12.0 Å². The van der Waals surface area contributed by atoms with Gasteiger partial charge in [0.15, 0.2) is 0 Å². The van der Waals surface area contributed by atoms with Crippen LogP contribution in [0.5, 0.6) is 0 Å². The Kier molecular flexibility index (Phi) is 2.25. The van der Waals surface area contributed by atoms with Crippen LogP contribution in [0, 0.1) is 0 Å². The van der Waals surface area contributed by atoms with Crippen LogP contribution in [0.2, 0.25) is 0 Å². The lowest BCUT2D eigenvalue weighted by Gasteiger charge is -2.08. The van der Waals surface area contributed by atoms with Gasteiger partial charge in [0.05, 0.1) is 0 Å². The highest BCUT2D eigenvalue weighted by atomic mass is 16.4. The predicted octanol–water partition coefficient (Wildman–Crippen LogP) is 0.919. The van der Waals surface area contributed by atoms with Gasteiger partial charge in [0, 0.05) is 12.4 Å². The molecule has 1 N–H and O–H groups in total. The van der Waals surface area contributed by atoms with Crippen molar-refractivity contribution in [3.8, 4) is 0 Å². The highest BCUT2D eigenvalue weighted by Crippen LogP contribution is 2.08. The van der Waals surface area contributed by atoms with Crippen LogP contribution in [0.4, 0.5) is 0 Å². The third kappa shape index (κ3) is 1.58. The van der Waals surface area contributed by atoms with Gasteiger partial charge in [0.1, 0.15) is 6.04 Å². The molecule has 1 atom stereocenters. The second-order valence-corrected chi connectivity index (χ2v) is 2.25. The molecule has 0 aromatic carbocycles. The lowest BCUT2D eigenvalue weighted by Crippen LogP contribution is -2.18. The van der Waals surface area contributed by atoms with E-state index in [1.165, 1.54) is 4.68 Å². The Morgan fingerprint density at radius 2 is 2.55 bits per heavy atom. The monoisotopic (exact) mass is 154 g/mol. The second-order valence-electron chi connectivity index (χ2n) is 2.25. The molecule has 1 aromatic rings. The van der Waals surface area contributed by atoms with Crippen LogP contribution in [-0.4, -0.2) is 20.9 Å². The minimum Gasteiger partial charge on any atom is -0.480 e. The van der Waals surface area contributed by atoms with Crippen molar-refractivity contribution in [2.45, 2.75) is 19.4 Å². The molecule has 0 radical (unpaired) electrons. The maximum atomic E-state index is 10.6.